The highest BCUT2D eigenvalue weighted by Crippen LogP contribution is 2.33. The number of rotatable bonds is 4. The van der Waals surface area contributed by atoms with E-state index in [2.05, 4.69) is 31.2 Å². The van der Waals surface area contributed by atoms with Crippen LogP contribution in [0.3, 0.4) is 0 Å². The zero-order valence-electron chi connectivity index (χ0n) is 14.3. The minimum Gasteiger partial charge on any atom is -0.463 e. The van der Waals surface area contributed by atoms with Crippen LogP contribution >= 0.6 is 15.9 Å². The highest BCUT2D eigenvalue weighted by atomic mass is 79.9. The van der Waals surface area contributed by atoms with Crippen molar-refractivity contribution in [3.8, 4) is 0 Å². The number of nitrogens with one attached hydrogen (secondary N) is 1. The Morgan fingerprint density at radius 2 is 2.04 bits per heavy atom. The lowest BCUT2D eigenvalue weighted by Gasteiger charge is -2.26. The summed E-state index contributed by atoms with van der Waals surface area (Å²) in [5.41, 5.74) is 1.86. The van der Waals surface area contributed by atoms with Crippen molar-refractivity contribution in [1.29, 1.82) is 0 Å². The molecule has 0 bridgehead atoms. The van der Waals surface area contributed by atoms with E-state index in [1.54, 1.807) is 13.8 Å². The summed E-state index contributed by atoms with van der Waals surface area (Å²) in [5.74, 6) is -0.656. The Morgan fingerprint density at radius 1 is 1.31 bits per heavy atom. The fourth-order valence-corrected chi connectivity index (χ4v) is 2.98. The van der Waals surface area contributed by atoms with E-state index in [9.17, 15) is 9.18 Å². The van der Waals surface area contributed by atoms with Crippen LogP contribution in [0.4, 0.5) is 4.39 Å². The second kappa shape index (κ2) is 7.78. The molecule has 134 valence electrons. The third-order valence-corrected chi connectivity index (χ3v) is 4.43. The van der Waals surface area contributed by atoms with Crippen molar-refractivity contribution in [3.63, 3.8) is 0 Å². The minimum absolute atomic E-state index is 0.108. The van der Waals surface area contributed by atoms with Gasteiger partial charge >= 0.3 is 5.97 Å². The molecule has 1 atom stereocenters. The Bertz CT molecular complexity index is 894. The largest absolute Gasteiger partial charge is 0.463 e. The number of hydrogen-bond acceptors (Lipinski definition) is 5. The van der Waals surface area contributed by atoms with E-state index in [1.807, 2.05) is 24.3 Å². The summed E-state index contributed by atoms with van der Waals surface area (Å²) in [6.45, 7) is 3.75. The molecular formula is C19H17BrFN3O2. The zero-order chi connectivity index (χ0) is 18.7. The summed E-state index contributed by atoms with van der Waals surface area (Å²) in [6.07, 6.45) is 1.50. The number of nitrogens with zero attached hydrogens (tertiary/aromatic N) is 2. The fourth-order valence-electron chi connectivity index (χ4n) is 2.72. The second-order valence-electron chi connectivity index (χ2n) is 5.65. The number of benzene rings is 1. The Hall–Kier alpha value is -2.54. The first-order valence-electron chi connectivity index (χ1n) is 8.10. The average molecular weight is 418 g/mol. The molecule has 0 saturated heterocycles. The Balaban J connectivity index is 2.10. The molecule has 0 amide bonds. The number of pyridine rings is 1. The van der Waals surface area contributed by atoms with Gasteiger partial charge in [-0.1, -0.05) is 28.1 Å². The lowest BCUT2D eigenvalue weighted by molar-refractivity contribution is -0.138. The standard InChI is InChI=1S/C19H17BrFN3O2/c1-3-26-19(25)15-11(2)23-18(17-14(21)5-4-10-22-17)24-16(15)12-6-8-13(20)9-7-12/h4-10,16H,3H2,1-2H3,(H,23,24). The molecule has 0 saturated carbocycles. The molecule has 0 aliphatic carbocycles. The van der Waals surface area contributed by atoms with Gasteiger partial charge in [0.25, 0.3) is 0 Å². The third-order valence-electron chi connectivity index (χ3n) is 3.91. The van der Waals surface area contributed by atoms with Gasteiger partial charge in [-0.05, 0) is 43.7 Å². The summed E-state index contributed by atoms with van der Waals surface area (Å²) >= 11 is 3.40. The summed E-state index contributed by atoms with van der Waals surface area (Å²) in [5, 5.41) is 2.99. The number of carbonyl (C=O) groups is 1. The summed E-state index contributed by atoms with van der Waals surface area (Å²) in [6, 6.07) is 9.69. The van der Waals surface area contributed by atoms with E-state index in [1.165, 1.54) is 18.3 Å². The van der Waals surface area contributed by atoms with Crippen molar-refractivity contribution in [2.75, 3.05) is 6.61 Å². The molecule has 2 aromatic rings. The molecule has 0 spiro atoms. The molecule has 1 aliphatic heterocycles. The first-order valence-corrected chi connectivity index (χ1v) is 8.89. The van der Waals surface area contributed by atoms with Crippen LogP contribution < -0.4 is 5.32 Å². The van der Waals surface area contributed by atoms with Crippen molar-refractivity contribution >= 4 is 27.7 Å². The number of carbonyl (C=O) groups excluding carboxylic acids is 1. The Labute approximate surface area is 159 Å². The van der Waals surface area contributed by atoms with Gasteiger partial charge in [0.1, 0.15) is 11.7 Å². The molecule has 1 N–H and O–H groups in total. The van der Waals surface area contributed by atoms with Crippen LogP contribution in [0.2, 0.25) is 0 Å². The highest BCUT2D eigenvalue weighted by Gasteiger charge is 2.31. The molecule has 1 aromatic carbocycles. The predicted octanol–water partition coefficient (Wildman–Crippen LogP) is 3.91. The van der Waals surface area contributed by atoms with E-state index in [0.29, 0.717) is 11.3 Å². The van der Waals surface area contributed by atoms with Crippen LogP contribution in [0.1, 0.15) is 31.1 Å². The number of esters is 1. The van der Waals surface area contributed by atoms with Gasteiger partial charge in [-0.2, -0.15) is 0 Å². The molecule has 26 heavy (non-hydrogen) atoms. The second-order valence-corrected chi connectivity index (χ2v) is 6.57. The van der Waals surface area contributed by atoms with Crippen molar-refractivity contribution in [2.45, 2.75) is 19.9 Å². The van der Waals surface area contributed by atoms with Gasteiger partial charge in [0, 0.05) is 16.4 Å². The van der Waals surface area contributed by atoms with Crippen LogP contribution in [-0.2, 0) is 9.53 Å². The van der Waals surface area contributed by atoms with Crippen LogP contribution in [0, 0.1) is 5.82 Å². The average Bonchev–Trinajstić information content (AvgIpc) is 2.62. The van der Waals surface area contributed by atoms with E-state index >= 15 is 0 Å². The first kappa shape index (κ1) is 18.3. The summed E-state index contributed by atoms with van der Waals surface area (Å²) < 4.78 is 20.3. The quantitative estimate of drug-likeness (QED) is 0.765. The molecule has 0 radical (unpaired) electrons. The number of aliphatic imine (C=N–C) groups is 1. The minimum atomic E-state index is -0.611. The molecule has 2 heterocycles. The van der Waals surface area contributed by atoms with E-state index < -0.39 is 17.8 Å². The SMILES string of the molecule is CCOC(=O)C1=C(C)NC(c2ncccc2F)=NC1c1ccc(Br)cc1. The van der Waals surface area contributed by atoms with Gasteiger partial charge in [-0.15, -0.1) is 0 Å². The number of allylic oxidation sites excluding steroid dienone is 1. The van der Waals surface area contributed by atoms with E-state index in [-0.39, 0.29) is 18.1 Å². The maximum absolute atomic E-state index is 14.2. The highest BCUT2D eigenvalue weighted by molar-refractivity contribution is 9.10. The predicted molar refractivity (Wildman–Crippen MR) is 100 cm³/mol. The van der Waals surface area contributed by atoms with Crippen LogP contribution in [-0.4, -0.2) is 23.4 Å². The molecule has 5 nitrogen and oxygen atoms in total. The maximum Gasteiger partial charge on any atom is 0.338 e. The van der Waals surface area contributed by atoms with Crippen molar-refractivity contribution in [2.24, 2.45) is 4.99 Å². The van der Waals surface area contributed by atoms with Crippen LogP contribution in [0.25, 0.3) is 0 Å². The molecule has 1 unspecified atom stereocenters. The van der Waals surface area contributed by atoms with Gasteiger partial charge in [-0.25, -0.2) is 14.2 Å². The molecule has 0 fully saturated rings. The number of amidine groups is 1. The van der Waals surface area contributed by atoms with Gasteiger partial charge in [0.2, 0.25) is 0 Å². The van der Waals surface area contributed by atoms with E-state index in [4.69, 9.17) is 4.74 Å². The van der Waals surface area contributed by atoms with Crippen molar-refractivity contribution in [1.82, 2.24) is 10.3 Å². The number of halogens is 2. The summed E-state index contributed by atoms with van der Waals surface area (Å²) in [4.78, 5) is 21.1. The third kappa shape index (κ3) is 3.67. The van der Waals surface area contributed by atoms with Crippen LogP contribution in [0.5, 0.6) is 0 Å². The topological polar surface area (TPSA) is 63.6 Å². The number of ether oxygens (including phenoxy) is 1. The van der Waals surface area contributed by atoms with E-state index in [0.717, 1.165) is 10.0 Å². The molecule has 1 aliphatic rings. The Morgan fingerprint density at radius 3 is 2.69 bits per heavy atom. The van der Waals surface area contributed by atoms with Crippen molar-refractivity contribution < 1.29 is 13.9 Å². The number of hydrogen-bond donors (Lipinski definition) is 1. The van der Waals surface area contributed by atoms with Gasteiger partial charge in [0.15, 0.2) is 11.7 Å². The maximum atomic E-state index is 14.2. The molecule has 1 aromatic heterocycles. The Kier molecular flexibility index (Phi) is 5.46. The fraction of sp³-hybridized carbons (Fsp3) is 0.211. The van der Waals surface area contributed by atoms with Gasteiger partial charge in [-0.3, -0.25) is 4.99 Å². The molecule has 3 rings (SSSR count). The lowest BCUT2D eigenvalue weighted by Crippen LogP contribution is -2.33. The lowest BCUT2D eigenvalue weighted by atomic mass is 9.96. The smallest absolute Gasteiger partial charge is 0.338 e. The number of aromatic nitrogens is 1. The van der Waals surface area contributed by atoms with Gasteiger partial charge in [0.05, 0.1) is 12.2 Å². The summed E-state index contributed by atoms with van der Waals surface area (Å²) in [7, 11) is 0. The zero-order valence-corrected chi connectivity index (χ0v) is 15.9. The molecule has 7 heteroatoms. The first-order chi connectivity index (χ1) is 12.5. The van der Waals surface area contributed by atoms with Crippen molar-refractivity contribution in [3.05, 3.63) is 75.4 Å². The monoisotopic (exact) mass is 417 g/mol. The van der Waals surface area contributed by atoms with Crippen LogP contribution in [0.15, 0.2) is 63.3 Å². The van der Waals surface area contributed by atoms with Gasteiger partial charge < -0.3 is 10.1 Å². The molecular weight excluding hydrogens is 401 g/mol. The normalized spacial score (nSPS) is 16.8.